The first-order valence-corrected chi connectivity index (χ1v) is 6.14. The summed E-state index contributed by atoms with van der Waals surface area (Å²) in [6.07, 6.45) is 0. The summed E-state index contributed by atoms with van der Waals surface area (Å²) in [5, 5.41) is 14.9. The molecule has 0 spiro atoms. The van der Waals surface area contributed by atoms with Crippen LogP contribution in [0.15, 0.2) is 35.7 Å². The first-order valence-electron chi connectivity index (χ1n) is 5.26. The lowest BCUT2D eigenvalue weighted by Gasteiger charge is -2.14. The van der Waals surface area contributed by atoms with Crippen LogP contribution in [0, 0.1) is 6.92 Å². The van der Waals surface area contributed by atoms with Crippen LogP contribution in [0.25, 0.3) is 0 Å². The first-order chi connectivity index (χ1) is 7.66. The van der Waals surface area contributed by atoms with E-state index in [-0.39, 0.29) is 0 Å². The molecule has 0 fully saturated rings. The standard InChI is InChI=1S/C13H15NOS/c1-9-8-11(5-6-12(9)15)14-10(2)13-4-3-7-16-13/h3-8,10,14-15H,1-2H3. The number of phenolic OH excluding ortho intramolecular Hbond substituents is 1. The summed E-state index contributed by atoms with van der Waals surface area (Å²) in [6, 6.07) is 10.0. The number of aryl methyl sites for hydroxylation is 1. The van der Waals surface area contributed by atoms with Crippen molar-refractivity contribution in [2.45, 2.75) is 19.9 Å². The number of benzene rings is 1. The molecule has 1 aromatic heterocycles. The summed E-state index contributed by atoms with van der Waals surface area (Å²) in [7, 11) is 0. The highest BCUT2D eigenvalue weighted by molar-refractivity contribution is 7.10. The lowest BCUT2D eigenvalue weighted by Crippen LogP contribution is -2.04. The fourth-order valence-electron chi connectivity index (χ4n) is 1.60. The Morgan fingerprint density at radius 2 is 2.12 bits per heavy atom. The second-order valence-electron chi connectivity index (χ2n) is 3.88. The summed E-state index contributed by atoms with van der Waals surface area (Å²) in [4.78, 5) is 1.31. The monoisotopic (exact) mass is 233 g/mol. The van der Waals surface area contributed by atoms with E-state index in [9.17, 15) is 5.11 Å². The Labute approximate surface area is 99.6 Å². The molecular formula is C13H15NOS. The molecule has 84 valence electrons. The maximum absolute atomic E-state index is 9.44. The molecule has 0 aliphatic rings. The van der Waals surface area contributed by atoms with Gasteiger partial charge in [0.2, 0.25) is 0 Å². The van der Waals surface area contributed by atoms with Crippen molar-refractivity contribution in [1.82, 2.24) is 0 Å². The number of hydrogen-bond acceptors (Lipinski definition) is 3. The molecule has 2 nitrogen and oxygen atoms in total. The lowest BCUT2D eigenvalue weighted by atomic mass is 10.2. The van der Waals surface area contributed by atoms with Crippen molar-refractivity contribution in [2.75, 3.05) is 5.32 Å². The number of anilines is 1. The van der Waals surface area contributed by atoms with Crippen molar-refractivity contribution in [3.63, 3.8) is 0 Å². The predicted octanol–water partition coefficient (Wildman–Crippen LogP) is 3.94. The van der Waals surface area contributed by atoms with Crippen LogP contribution in [-0.2, 0) is 0 Å². The van der Waals surface area contributed by atoms with E-state index in [0.717, 1.165) is 11.3 Å². The number of thiophene rings is 1. The van der Waals surface area contributed by atoms with Gasteiger partial charge in [0.25, 0.3) is 0 Å². The first kappa shape index (κ1) is 11.0. The third kappa shape index (κ3) is 2.36. The lowest BCUT2D eigenvalue weighted by molar-refractivity contribution is 0.471. The number of nitrogens with one attached hydrogen (secondary N) is 1. The number of hydrogen-bond donors (Lipinski definition) is 2. The zero-order valence-electron chi connectivity index (χ0n) is 9.40. The van der Waals surface area contributed by atoms with E-state index in [1.807, 2.05) is 19.1 Å². The molecule has 0 saturated heterocycles. The molecule has 0 amide bonds. The minimum Gasteiger partial charge on any atom is -0.508 e. The van der Waals surface area contributed by atoms with E-state index in [0.29, 0.717) is 11.8 Å². The van der Waals surface area contributed by atoms with Crippen molar-refractivity contribution < 1.29 is 5.11 Å². The fourth-order valence-corrected chi connectivity index (χ4v) is 2.34. The average Bonchev–Trinajstić information content (AvgIpc) is 2.77. The average molecular weight is 233 g/mol. The molecule has 0 radical (unpaired) electrons. The van der Waals surface area contributed by atoms with E-state index in [1.54, 1.807) is 17.4 Å². The predicted molar refractivity (Wildman–Crippen MR) is 69.2 cm³/mol. The van der Waals surface area contributed by atoms with Gasteiger partial charge in [-0.25, -0.2) is 0 Å². The Kier molecular flexibility index (Phi) is 3.15. The molecule has 3 heteroatoms. The molecule has 1 unspecified atom stereocenters. The zero-order valence-corrected chi connectivity index (χ0v) is 10.2. The fraction of sp³-hybridized carbons (Fsp3) is 0.231. The van der Waals surface area contributed by atoms with Gasteiger partial charge in [0.05, 0.1) is 6.04 Å². The Balaban J connectivity index is 2.12. The molecule has 2 rings (SSSR count). The number of aromatic hydroxyl groups is 1. The third-order valence-electron chi connectivity index (χ3n) is 2.55. The maximum atomic E-state index is 9.44. The molecule has 2 N–H and O–H groups in total. The molecule has 16 heavy (non-hydrogen) atoms. The minimum absolute atomic E-state index is 0.295. The van der Waals surface area contributed by atoms with E-state index in [1.165, 1.54) is 4.88 Å². The van der Waals surface area contributed by atoms with E-state index < -0.39 is 0 Å². The van der Waals surface area contributed by atoms with Crippen molar-refractivity contribution >= 4 is 17.0 Å². The Morgan fingerprint density at radius 1 is 1.31 bits per heavy atom. The molecule has 2 aromatic rings. The molecule has 1 aromatic carbocycles. The van der Waals surface area contributed by atoms with Crippen LogP contribution in [0.3, 0.4) is 0 Å². The molecule has 1 atom stereocenters. The van der Waals surface area contributed by atoms with Gasteiger partial charge in [0.1, 0.15) is 5.75 Å². The van der Waals surface area contributed by atoms with E-state index in [4.69, 9.17) is 0 Å². The van der Waals surface area contributed by atoms with Gasteiger partial charge in [0.15, 0.2) is 0 Å². The molecule has 0 aliphatic heterocycles. The summed E-state index contributed by atoms with van der Waals surface area (Å²) in [6.45, 7) is 4.03. The van der Waals surface area contributed by atoms with Crippen molar-refractivity contribution in [3.8, 4) is 5.75 Å². The van der Waals surface area contributed by atoms with Crippen LogP contribution in [-0.4, -0.2) is 5.11 Å². The van der Waals surface area contributed by atoms with Crippen molar-refractivity contribution in [3.05, 3.63) is 46.2 Å². The van der Waals surface area contributed by atoms with Gasteiger partial charge in [-0.2, -0.15) is 0 Å². The van der Waals surface area contributed by atoms with Crippen LogP contribution in [0.4, 0.5) is 5.69 Å². The highest BCUT2D eigenvalue weighted by Crippen LogP contribution is 2.25. The van der Waals surface area contributed by atoms with Crippen molar-refractivity contribution in [2.24, 2.45) is 0 Å². The molecule has 1 heterocycles. The molecular weight excluding hydrogens is 218 g/mol. The zero-order chi connectivity index (χ0) is 11.5. The van der Waals surface area contributed by atoms with Crippen LogP contribution in [0.2, 0.25) is 0 Å². The molecule has 0 bridgehead atoms. The van der Waals surface area contributed by atoms with Gasteiger partial charge in [-0.1, -0.05) is 6.07 Å². The van der Waals surface area contributed by atoms with Crippen molar-refractivity contribution in [1.29, 1.82) is 0 Å². The SMILES string of the molecule is Cc1cc(NC(C)c2cccs2)ccc1O. The van der Waals surface area contributed by atoms with Gasteiger partial charge < -0.3 is 10.4 Å². The second kappa shape index (κ2) is 4.58. The van der Waals surface area contributed by atoms with Crippen LogP contribution < -0.4 is 5.32 Å². The van der Waals surface area contributed by atoms with Gasteiger partial charge >= 0.3 is 0 Å². The highest BCUT2D eigenvalue weighted by atomic mass is 32.1. The Bertz CT molecular complexity index is 465. The summed E-state index contributed by atoms with van der Waals surface area (Å²) >= 11 is 1.75. The van der Waals surface area contributed by atoms with E-state index in [2.05, 4.69) is 29.8 Å². The Morgan fingerprint density at radius 3 is 2.75 bits per heavy atom. The topological polar surface area (TPSA) is 32.3 Å². The number of rotatable bonds is 3. The van der Waals surface area contributed by atoms with E-state index >= 15 is 0 Å². The second-order valence-corrected chi connectivity index (χ2v) is 4.86. The Hall–Kier alpha value is -1.48. The number of phenols is 1. The molecule has 0 aliphatic carbocycles. The van der Waals surface area contributed by atoms with Crippen LogP contribution in [0.1, 0.15) is 23.4 Å². The van der Waals surface area contributed by atoms with Crippen LogP contribution >= 0.6 is 11.3 Å². The third-order valence-corrected chi connectivity index (χ3v) is 3.60. The quantitative estimate of drug-likeness (QED) is 0.787. The normalized spacial score (nSPS) is 12.4. The van der Waals surface area contributed by atoms with Gasteiger partial charge in [-0.3, -0.25) is 0 Å². The summed E-state index contributed by atoms with van der Waals surface area (Å²) in [5.41, 5.74) is 1.93. The summed E-state index contributed by atoms with van der Waals surface area (Å²) in [5.74, 6) is 0.342. The summed E-state index contributed by atoms with van der Waals surface area (Å²) < 4.78 is 0. The smallest absolute Gasteiger partial charge is 0.118 e. The van der Waals surface area contributed by atoms with Crippen LogP contribution in [0.5, 0.6) is 5.75 Å². The minimum atomic E-state index is 0.295. The largest absolute Gasteiger partial charge is 0.508 e. The maximum Gasteiger partial charge on any atom is 0.118 e. The van der Waals surface area contributed by atoms with Gasteiger partial charge in [0, 0.05) is 10.6 Å². The van der Waals surface area contributed by atoms with Gasteiger partial charge in [-0.05, 0) is 49.1 Å². The highest BCUT2D eigenvalue weighted by Gasteiger charge is 2.06. The molecule has 0 saturated carbocycles. The van der Waals surface area contributed by atoms with Gasteiger partial charge in [-0.15, -0.1) is 11.3 Å².